The summed E-state index contributed by atoms with van der Waals surface area (Å²) in [4.78, 5) is 34.0. The zero-order valence-corrected chi connectivity index (χ0v) is 22.3. The second-order valence-electron chi connectivity index (χ2n) is 10.6. The molecular weight excluding hydrogens is 502 g/mol. The Morgan fingerprint density at radius 2 is 1.93 bits per heavy atom. The average Bonchev–Trinajstić information content (AvgIpc) is 3.38. The Morgan fingerprint density at radius 1 is 1.05 bits per heavy atom. The predicted octanol–water partition coefficient (Wildman–Crippen LogP) is 5.21. The molecule has 3 aromatic heterocycles. The molecule has 40 heavy (non-hydrogen) atoms. The number of fused-ring (bicyclic) bond motifs is 3. The van der Waals surface area contributed by atoms with E-state index in [1.165, 1.54) is 0 Å². The van der Waals surface area contributed by atoms with Crippen molar-refractivity contribution in [3.05, 3.63) is 78.1 Å². The molecule has 9 heteroatoms. The summed E-state index contributed by atoms with van der Waals surface area (Å²) in [6.07, 6.45) is 14.5. The minimum atomic E-state index is -0.233. The molecule has 0 saturated heterocycles. The Bertz CT molecular complexity index is 1560. The summed E-state index contributed by atoms with van der Waals surface area (Å²) in [5.74, 6) is 0.828. The first-order valence-electron chi connectivity index (χ1n) is 14.0. The van der Waals surface area contributed by atoms with Gasteiger partial charge in [-0.1, -0.05) is 30.4 Å². The van der Waals surface area contributed by atoms with Gasteiger partial charge >= 0.3 is 0 Å². The number of benzene rings is 1. The lowest BCUT2D eigenvalue weighted by Gasteiger charge is -2.30. The maximum absolute atomic E-state index is 12.8. The second kappa shape index (κ2) is 11.3. The van der Waals surface area contributed by atoms with Crippen molar-refractivity contribution in [1.29, 1.82) is 0 Å². The zero-order valence-electron chi connectivity index (χ0n) is 22.3. The number of nitrogens with zero attached hydrogens (tertiary/aromatic N) is 4. The maximum atomic E-state index is 12.8. The van der Waals surface area contributed by atoms with Crippen LogP contribution in [-0.4, -0.2) is 37.6 Å². The molecule has 0 unspecified atom stereocenters. The Morgan fingerprint density at radius 3 is 2.75 bits per heavy atom. The minimum absolute atomic E-state index is 0.128. The molecule has 6 rings (SSSR count). The van der Waals surface area contributed by atoms with Crippen LogP contribution >= 0.6 is 0 Å². The third-order valence-electron chi connectivity index (χ3n) is 7.79. The highest BCUT2D eigenvalue weighted by Crippen LogP contribution is 2.38. The number of allylic oxidation sites excluding steroid dienone is 2. The lowest BCUT2D eigenvalue weighted by atomic mass is 9.90. The third kappa shape index (κ3) is 5.32. The summed E-state index contributed by atoms with van der Waals surface area (Å²) in [6, 6.07) is 13.0. The molecule has 2 amide bonds. The molecule has 204 valence electrons. The van der Waals surface area contributed by atoms with Crippen LogP contribution in [0.25, 0.3) is 22.2 Å². The van der Waals surface area contributed by atoms with Gasteiger partial charge in [0.15, 0.2) is 0 Å². The van der Waals surface area contributed by atoms with Gasteiger partial charge < -0.3 is 16.4 Å². The molecule has 2 aliphatic rings. The molecule has 9 nitrogen and oxygen atoms in total. The highest BCUT2D eigenvalue weighted by Gasteiger charge is 2.29. The number of rotatable bonds is 3. The monoisotopic (exact) mass is 535 g/mol. The molecule has 0 radical (unpaired) electrons. The van der Waals surface area contributed by atoms with Crippen molar-refractivity contribution in [2.75, 3.05) is 11.1 Å². The van der Waals surface area contributed by atoms with Gasteiger partial charge in [0.05, 0.1) is 16.9 Å². The van der Waals surface area contributed by atoms with E-state index in [2.05, 4.69) is 37.4 Å². The van der Waals surface area contributed by atoms with Crippen LogP contribution in [0.5, 0.6) is 0 Å². The first-order chi connectivity index (χ1) is 19.6. The summed E-state index contributed by atoms with van der Waals surface area (Å²) < 4.78 is 2.12. The van der Waals surface area contributed by atoms with Gasteiger partial charge in [-0.2, -0.15) is 5.10 Å². The van der Waals surface area contributed by atoms with Crippen LogP contribution < -0.4 is 16.4 Å². The fraction of sp³-hybridized carbons (Fsp3) is 0.323. The van der Waals surface area contributed by atoms with Gasteiger partial charge in [-0.3, -0.25) is 14.3 Å². The molecule has 2 atom stereocenters. The fourth-order valence-corrected chi connectivity index (χ4v) is 5.80. The van der Waals surface area contributed by atoms with Gasteiger partial charge in [-0.15, -0.1) is 0 Å². The number of nitrogens with two attached hydrogens (primary N) is 1. The predicted molar refractivity (Wildman–Crippen MR) is 156 cm³/mol. The summed E-state index contributed by atoms with van der Waals surface area (Å²) in [7, 11) is 0. The van der Waals surface area contributed by atoms with E-state index >= 15 is 0 Å². The summed E-state index contributed by atoms with van der Waals surface area (Å²) in [5, 5.41) is 12.1. The minimum Gasteiger partial charge on any atom is -0.383 e. The molecule has 0 spiro atoms. The van der Waals surface area contributed by atoms with Gasteiger partial charge in [-0.25, -0.2) is 9.97 Å². The van der Waals surface area contributed by atoms with Gasteiger partial charge in [0.25, 0.3) is 5.91 Å². The number of anilines is 2. The first kappa shape index (κ1) is 25.7. The molecular formula is C31H33N7O2. The number of carbonyl (C=O) groups excluding carboxylic acids is 2. The SMILES string of the molecule is Nc1ncc2c3c1c(-c1ccc(C(=O)Nc4ccccn4)cc1)nn3[C@@H]1CCC[C@H](C1)NC(=O)CCC/C=C/C2. The van der Waals surface area contributed by atoms with Crippen molar-refractivity contribution in [2.45, 2.75) is 63.5 Å². The largest absolute Gasteiger partial charge is 0.383 e. The van der Waals surface area contributed by atoms with E-state index in [-0.39, 0.29) is 23.9 Å². The quantitative estimate of drug-likeness (QED) is 0.309. The van der Waals surface area contributed by atoms with Crippen molar-refractivity contribution in [2.24, 2.45) is 0 Å². The van der Waals surface area contributed by atoms with Gasteiger partial charge in [0.1, 0.15) is 17.3 Å². The second-order valence-corrected chi connectivity index (χ2v) is 10.6. The Labute approximate surface area is 232 Å². The van der Waals surface area contributed by atoms with Crippen molar-refractivity contribution < 1.29 is 9.59 Å². The van der Waals surface area contributed by atoms with Crippen LogP contribution in [0.15, 0.2) is 67.0 Å². The van der Waals surface area contributed by atoms with Crippen LogP contribution in [0.3, 0.4) is 0 Å². The Balaban J connectivity index is 1.40. The number of amides is 2. The normalized spacial score (nSPS) is 20.4. The highest BCUT2D eigenvalue weighted by atomic mass is 16.2. The number of carbonyl (C=O) groups is 2. The Hall–Kier alpha value is -4.53. The molecule has 4 heterocycles. The van der Waals surface area contributed by atoms with E-state index in [0.717, 1.165) is 66.2 Å². The van der Waals surface area contributed by atoms with Crippen molar-refractivity contribution >= 4 is 34.4 Å². The topological polar surface area (TPSA) is 128 Å². The number of hydrogen-bond acceptors (Lipinski definition) is 6. The van der Waals surface area contributed by atoms with E-state index in [1.54, 1.807) is 30.5 Å². The smallest absolute Gasteiger partial charge is 0.256 e. The molecule has 4 aromatic rings. The molecule has 1 saturated carbocycles. The van der Waals surface area contributed by atoms with Crippen LogP contribution in [0.2, 0.25) is 0 Å². The van der Waals surface area contributed by atoms with E-state index in [0.29, 0.717) is 30.0 Å². The van der Waals surface area contributed by atoms with Crippen LogP contribution in [0, 0.1) is 0 Å². The van der Waals surface area contributed by atoms with E-state index in [4.69, 9.17) is 10.8 Å². The number of nitrogen functional groups attached to an aromatic ring is 1. The third-order valence-corrected chi connectivity index (χ3v) is 7.79. The summed E-state index contributed by atoms with van der Waals surface area (Å²) in [6.45, 7) is 0. The molecule has 2 bridgehead atoms. The molecule has 1 aromatic carbocycles. The highest BCUT2D eigenvalue weighted by molar-refractivity contribution is 6.05. The summed E-state index contributed by atoms with van der Waals surface area (Å²) >= 11 is 0. The first-order valence-corrected chi connectivity index (χ1v) is 14.0. The lowest BCUT2D eigenvalue weighted by Crippen LogP contribution is -2.39. The number of pyridine rings is 2. The van der Waals surface area contributed by atoms with Crippen molar-refractivity contribution in [3.8, 4) is 11.3 Å². The van der Waals surface area contributed by atoms with E-state index < -0.39 is 0 Å². The number of aromatic nitrogens is 4. The van der Waals surface area contributed by atoms with Gasteiger partial charge in [0.2, 0.25) is 5.91 Å². The summed E-state index contributed by atoms with van der Waals surface area (Å²) in [5.41, 5.74) is 10.7. The Kier molecular flexibility index (Phi) is 7.27. The van der Waals surface area contributed by atoms with Crippen molar-refractivity contribution in [1.82, 2.24) is 25.1 Å². The zero-order chi connectivity index (χ0) is 27.5. The lowest BCUT2D eigenvalue weighted by molar-refractivity contribution is -0.122. The van der Waals surface area contributed by atoms with Crippen LogP contribution in [0.1, 0.15) is 66.9 Å². The fourth-order valence-electron chi connectivity index (χ4n) is 5.80. The van der Waals surface area contributed by atoms with E-state index in [1.807, 2.05) is 24.4 Å². The molecule has 1 aliphatic heterocycles. The van der Waals surface area contributed by atoms with E-state index in [9.17, 15) is 9.59 Å². The average molecular weight is 536 g/mol. The number of nitrogens with one attached hydrogen (secondary N) is 2. The standard InChI is InChI=1S/C31H33N7O2/c32-30-27-28(20-13-15-21(16-14-20)31(40)36-25-11-5-6-17-33-25)37-38-24-10-7-9-23(18-24)35-26(39)12-4-2-1-3-8-22(19-34-30)29(27)38/h1,3,5-6,11,13-17,19,23-24H,2,4,7-10,12,18H2,(H2,32,34)(H,35,39)(H,33,36,40)/b3-1+/t23-,24-/m1/s1. The van der Waals surface area contributed by atoms with Crippen LogP contribution in [0.4, 0.5) is 11.6 Å². The number of hydrogen-bond donors (Lipinski definition) is 3. The molecule has 4 N–H and O–H groups in total. The van der Waals surface area contributed by atoms with Gasteiger partial charge in [0, 0.05) is 41.5 Å². The molecule has 1 fully saturated rings. The van der Waals surface area contributed by atoms with Gasteiger partial charge in [-0.05, 0) is 69.2 Å². The maximum Gasteiger partial charge on any atom is 0.256 e. The van der Waals surface area contributed by atoms with Crippen LogP contribution in [-0.2, 0) is 11.2 Å². The molecule has 1 aliphatic carbocycles. The van der Waals surface area contributed by atoms with Crippen molar-refractivity contribution in [3.63, 3.8) is 0 Å².